The molecule has 1 aromatic carbocycles. The molecule has 1 unspecified atom stereocenters. The van der Waals surface area contributed by atoms with E-state index >= 15 is 0 Å². The molecule has 1 aromatic heterocycles. The summed E-state index contributed by atoms with van der Waals surface area (Å²) in [7, 11) is 0. The molecule has 15 heavy (non-hydrogen) atoms. The molecule has 2 aromatic rings. The van der Waals surface area contributed by atoms with Crippen molar-refractivity contribution in [2.24, 2.45) is 0 Å². The molecule has 0 radical (unpaired) electrons. The second-order valence-electron chi connectivity index (χ2n) is 3.27. The van der Waals surface area contributed by atoms with Gasteiger partial charge in [0.25, 0.3) is 0 Å². The summed E-state index contributed by atoms with van der Waals surface area (Å²) in [5, 5.41) is 25.4. The summed E-state index contributed by atoms with van der Waals surface area (Å²) in [6.07, 6.45) is 0.853. The maximum Gasteiger partial charge on any atom is 0.189 e. The molecule has 80 valence electrons. The second-order valence-corrected chi connectivity index (χ2v) is 3.27. The summed E-state index contributed by atoms with van der Waals surface area (Å²) >= 11 is 0. The molecule has 3 N–H and O–H groups in total. The van der Waals surface area contributed by atoms with Gasteiger partial charge < -0.3 is 20.1 Å². The van der Waals surface area contributed by atoms with Crippen LogP contribution in [0.4, 0.5) is 5.69 Å². The van der Waals surface area contributed by atoms with Crippen molar-refractivity contribution in [1.82, 2.24) is 5.16 Å². The zero-order chi connectivity index (χ0) is 10.7. The van der Waals surface area contributed by atoms with Crippen molar-refractivity contribution in [1.29, 1.82) is 0 Å². The van der Waals surface area contributed by atoms with Crippen molar-refractivity contribution in [3.05, 3.63) is 24.4 Å². The molecule has 0 bridgehead atoms. The van der Waals surface area contributed by atoms with Gasteiger partial charge in [-0.1, -0.05) is 11.2 Å². The van der Waals surface area contributed by atoms with Crippen LogP contribution in [-0.4, -0.2) is 34.6 Å². The third-order valence-electron chi connectivity index (χ3n) is 2.12. The monoisotopic (exact) mass is 208 g/mol. The highest BCUT2D eigenvalue weighted by molar-refractivity contribution is 5.88. The quantitative estimate of drug-likeness (QED) is 0.685. The van der Waals surface area contributed by atoms with Gasteiger partial charge in [0, 0.05) is 11.9 Å². The van der Waals surface area contributed by atoms with E-state index in [2.05, 4.69) is 10.5 Å². The van der Waals surface area contributed by atoms with Crippen LogP contribution in [0, 0.1) is 0 Å². The van der Waals surface area contributed by atoms with Crippen LogP contribution < -0.4 is 5.32 Å². The fourth-order valence-corrected chi connectivity index (χ4v) is 1.33. The number of nitrogens with one attached hydrogen (secondary N) is 1. The molecule has 0 aliphatic rings. The number of hydrogen-bond donors (Lipinski definition) is 3. The molecule has 0 aliphatic heterocycles. The van der Waals surface area contributed by atoms with Crippen LogP contribution in [-0.2, 0) is 0 Å². The average Bonchev–Trinajstić information content (AvgIpc) is 2.74. The van der Waals surface area contributed by atoms with Crippen LogP contribution in [0.3, 0.4) is 0 Å². The zero-order valence-corrected chi connectivity index (χ0v) is 8.05. The zero-order valence-electron chi connectivity index (χ0n) is 8.05. The number of aliphatic hydroxyl groups excluding tert-OH is 2. The molecule has 5 nitrogen and oxygen atoms in total. The van der Waals surface area contributed by atoms with E-state index in [9.17, 15) is 5.11 Å². The summed E-state index contributed by atoms with van der Waals surface area (Å²) in [6, 6.07) is 5.59. The Morgan fingerprint density at radius 3 is 3.13 bits per heavy atom. The van der Waals surface area contributed by atoms with Gasteiger partial charge in [0.2, 0.25) is 0 Å². The fraction of sp³-hybridized carbons (Fsp3) is 0.300. The van der Waals surface area contributed by atoms with Gasteiger partial charge in [-0.05, 0) is 12.1 Å². The predicted molar refractivity (Wildman–Crippen MR) is 55.6 cm³/mol. The van der Waals surface area contributed by atoms with Crippen molar-refractivity contribution in [2.75, 3.05) is 18.5 Å². The van der Waals surface area contributed by atoms with Gasteiger partial charge >= 0.3 is 0 Å². The third-order valence-corrected chi connectivity index (χ3v) is 2.12. The molecular weight excluding hydrogens is 196 g/mol. The van der Waals surface area contributed by atoms with E-state index in [0.717, 1.165) is 11.1 Å². The summed E-state index contributed by atoms with van der Waals surface area (Å²) in [4.78, 5) is 0. The lowest BCUT2D eigenvalue weighted by Gasteiger charge is -2.09. The van der Waals surface area contributed by atoms with E-state index < -0.39 is 6.10 Å². The van der Waals surface area contributed by atoms with Crippen molar-refractivity contribution in [3.63, 3.8) is 0 Å². The number of aromatic nitrogens is 1. The summed E-state index contributed by atoms with van der Waals surface area (Å²) in [5.41, 5.74) is 1.42. The van der Waals surface area contributed by atoms with Crippen molar-refractivity contribution >= 4 is 16.7 Å². The Hall–Kier alpha value is -1.59. The lowest BCUT2D eigenvalue weighted by atomic mass is 10.2. The highest BCUT2D eigenvalue weighted by Crippen LogP contribution is 2.22. The molecule has 1 atom stereocenters. The summed E-state index contributed by atoms with van der Waals surface area (Å²) in [6.45, 7) is 0.00962. The lowest BCUT2D eigenvalue weighted by Crippen LogP contribution is -2.22. The lowest BCUT2D eigenvalue weighted by molar-refractivity contribution is 0.105. The minimum Gasteiger partial charge on any atom is -0.394 e. The maximum absolute atomic E-state index is 9.18. The Morgan fingerprint density at radius 1 is 1.47 bits per heavy atom. The highest BCUT2D eigenvalue weighted by atomic mass is 16.5. The Balaban J connectivity index is 2.17. The number of hydrogen-bond acceptors (Lipinski definition) is 5. The van der Waals surface area contributed by atoms with E-state index in [4.69, 9.17) is 9.63 Å². The molecule has 0 amide bonds. The SMILES string of the molecule is OCC(O)CNc1cccc2cnoc12. The normalized spacial score (nSPS) is 12.9. The van der Waals surface area contributed by atoms with Crippen LogP contribution in [0.2, 0.25) is 0 Å². The van der Waals surface area contributed by atoms with E-state index in [1.165, 1.54) is 0 Å². The number of rotatable bonds is 4. The van der Waals surface area contributed by atoms with Gasteiger partial charge in [-0.2, -0.15) is 0 Å². The molecule has 0 spiro atoms. The number of fused-ring (bicyclic) bond motifs is 1. The van der Waals surface area contributed by atoms with Crippen LogP contribution in [0.15, 0.2) is 28.9 Å². The van der Waals surface area contributed by atoms with Gasteiger partial charge in [-0.25, -0.2) is 0 Å². The first-order valence-corrected chi connectivity index (χ1v) is 4.67. The third kappa shape index (κ3) is 2.08. The first-order chi connectivity index (χ1) is 7.31. The Bertz CT molecular complexity index is 441. The van der Waals surface area contributed by atoms with Crippen LogP contribution >= 0.6 is 0 Å². The van der Waals surface area contributed by atoms with Gasteiger partial charge in [0.05, 0.1) is 24.6 Å². The summed E-state index contributed by atoms with van der Waals surface area (Å²) < 4.78 is 5.06. The molecule has 1 heterocycles. The number of aliphatic hydroxyl groups is 2. The fourth-order valence-electron chi connectivity index (χ4n) is 1.33. The van der Waals surface area contributed by atoms with Crippen molar-refractivity contribution in [2.45, 2.75) is 6.10 Å². The Kier molecular flexibility index (Phi) is 2.84. The van der Waals surface area contributed by atoms with Gasteiger partial charge in [-0.3, -0.25) is 0 Å². The number of nitrogens with zero attached hydrogens (tertiary/aromatic N) is 1. The predicted octanol–water partition coefficient (Wildman–Crippen LogP) is 0.593. The molecular formula is C10H12N2O3. The van der Waals surface area contributed by atoms with E-state index in [1.54, 1.807) is 6.20 Å². The number of benzene rings is 1. The smallest absolute Gasteiger partial charge is 0.189 e. The van der Waals surface area contributed by atoms with E-state index in [-0.39, 0.29) is 13.2 Å². The van der Waals surface area contributed by atoms with Crippen molar-refractivity contribution in [3.8, 4) is 0 Å². The average molecular weight is 208 g/mol. The highest BCUT2D eigenvalue weighted by Gasteiger charge is 2.06. The molecule has 0 aliphatic carbocycles. The summed E-state index contributed by atoms with van der Waals surface area (Å²) in [5.74, 6) is 0. The van der Waals surface area contributed by atoms with Crippen LogP contribution in [0.5, 0.6) is 0 Å². The van der Waals surface area contributed by atoms with Crippen molar-refractivity contribution < 1.29 is 14.7 Å². The van der Waals surface area contributed by atoms with Crippen LogP contribution in [0.25, 0.3) is 11.0 Å². The minimum atomic E-state index is -0.775. The Labute approximate surface area is 86.3 Å². The molecule has 5 heteroatoms. The number of para-hydroxylation sites is 1. The van der Waals surface area contributed by atoms with Gasteiger partial charge in [0.15, 0.2) is 5.58 Å². The van der Waals surface area contributed by atoms with E-state index in [1.807, 2.05) is 18.2 Å². The second kappa shape index (κ2) is 4.29. The molecule has 0 saturated carbocycles. The molecule has 2 rings (SSSR count). The van der Waals surface area contributed by atoms with Crippen LogP contribution in [0.1, 0.15) is 0 Å². The maximum atomic E-state index is 9.18. The number of anilines is 1. The molecule has 0 saturated heterocycles. The van der Waals surface area contributed by atoms with E-state index in [0.29, 0.717) is 5.58 Å². The Morgan fingerprint density at radius 2 is 2.33 bits per heavy atom. The minimum absolute atomic E-state index is 0.265. The van der Waals surface area contributed by atoms with Gasteiger partial charge in [0.1, 0.15) is 0 Å². The first-order valence-electron chi connectivity index (χ1n) is 4.67. The molecule has 0 fully saturated rings. The standard InChI is InChI=1S/C10H12N2O3/c13-6-8(14)5-11-9-3-1-2-7-4-12-15-10(7)9/h1-4,8,11,13-14H,5-6H2. The first kappa shape index (κ1) is 9.95. The largest absolute Gasteiger partial charge is 0.394 e. The topological polar surface area (TPSA) is 78.5 Å². The van der Waals surface area contributed by atoms with Gasteiger partial charge in [-0.15, -0.1) is 0 Å².